The molecule has 7 nitrogen and oxygen atoms in total. The first-order valence-corrected chi connectivity index (χ1v) is 9.60. The monoisotopic (exact) mass is 448 g/mol. The van der Waals surface area contributed by atoms with Gasteiger partial charge in [-0.15, -0.1) is 0 Å². The molecular weight excluding hydrogens is 436 g/mol. The molecule has 0 amide bonds. The minimum absolute atomic E-state index is 0.00103. The summed E-state index contributed by atoms with van der Waals surface area (Å²) in [6, 6.07) is 14.2. The summed E-state index contributed by atoms with van der Waals surface area (Å²) in [5.74, 6) is 0.153. The van der Waals surface area contributed by atoms with Gasteiger partial charge in [0.25, 0.3) is 0 Å². The number of carbonyl (C=O) groups excluding carboxylic acids is 1. The van der Waals surface area contributed by atoms with Crippen molar-refractivity contribution in [2.45, 2.75) is 5.60 Å². The zero-order valence-corrected chi connectivity index (χ0v) is 17.2. The summed E-state index contributed by atoms with van der Waals surface area (Å²) in [6.07, 6.45) is 0. The first-order valence-electron chi connectivity index (χ1n) is 8.79. The summed E-state index contributed by atoms with van der Waals surface area (Å²) in [5, 5.41) is 29.5. The van der Waals surface area contributed by atoms with Gasteiger partial charge in [-0.2, -0.15) is 4.99 Å². The van der Waals surface area contributed by atoms with Crippen LogP contribution in [-0.4, -0.2) is 26.5 Å². The predicted octanol–water partition coefficient (Wildman–Crippen LogP) is 5.07. The van der Waals surface area contributed by atoms with Gasteiger partial charge in [0, 0.05) is 28.8 Å². The maximum Gasteiger partial charge on any atom is 0.340 e. The Morgan fingerprint density at radius 1 is 0.903 bits per heavy atom. The molecule has 0 saturated heterocycles. The number of phenolic OH excluding ortho intramolecular Hbond substituents is 2. The third-order valence-electron chi connectivity index (χ3n) is 4.93. The van der Waals surface area contributed by atoms with Crippen LogP contribution in [0, 0.1) is 5.41 Å². The van der Waals surface area contributed by atoms with E-state index in [1.54, 1.807) is 35.5 Å². The Morgan fingerprint density at radius 3 is 2.03 bits per heavy atom. The second-order valence-electron chi connectivity index (χ2n) is 6.57. The molecule has 3 aromatic carbocycles. The number of hydrogen-bond acceptors (Lipinski definition) is 9. The molecule has 1 spiro atoms. The summed E-state index contributed by atoms with van der Waals surface area (Å²) >= 11 is 8.51. The van der Waals surface area contributed by atoms with E-state index < -0.39 is 11.6 Å². The van der Waals surface area contributed by atoms with E-state index in [0.717, 1.165) is 0 Å². The average molecular weight is 448 g/mol. The number of aromatic hydroxyl groups is 2. The molecule has 2 aliphatic rings. The van der Waals surface area contributed by atoms with Gasteiger partial charge in [-0.1, -0.05) is 0 Å². The molecule has 5 rings (SSSR count). The number of carbonyl (C=O) groups is 1. The van der Waals surface area contributed by atoms with Crippen LogP contribution in [0.3, 0.4) is 0 Å². The van der Waals surface area contributed by atoms with Gasteiger partial charge < -0.3 is 19.7 Å². The number of benzene rings is 3. The zero-order chi connectivity index (χ0) is 22.2. The number of nitrogens with one attached hydrogen (secondary N) is 1. The summed E-state index contributed by atoms with van der Waals surface area (Å²) in [5.41, 5.74) is 1.30. The molecule has 2 aliphatic heterocycles. The number of fused-ring (bicyclic) bond motifs is 6. The minimum atomic E-state index is -1.30. The Hall–Kier alpha value is -3.87. The largest absolute Gasteiger partial charge is 0.508 e. The Bertz CT molecular complexity index is 1270. The average Bonchev–Trinajstić information content (AvgIpc) is 3.01. The van der Waals surface area contributed by atoms with Crippen LogP contribution in [0.25, 0.3) is 0 Å². The number of aliphatic imine (C=N–C) groups is 1. The molecule has 0 bridgehead atoms. The van der Waals surface area contributed by atoms with Crippen LogP contribution in [0.2, 0.25) is 0 Å². The van der Waals surface area contributed by atoms with Crippen molar-refractivity contribution < 1.29 is 24.5 Å². The number of nitrogens with zero attached hydrogens (tertiary/aromatic N) is 1. The molecule has 0 saturated carbocycles. The molecule has 31 heavy (non-hydrogen) atoms. The van der Waals surface area contributed by atoms with Crippen LogP contribution in [-0.2, 0) is 10.3 Å². The van der Waals surface area contributed by atoms with Crippen LogP contribution in [0.15, 0.2) is 59.6 Å². The molecule has 3 aromatic rings. The van der Waals surface area contributed by atoms with E-state index in [9.17, 15) is 15.0 Å². The predicted molar refractivity (Wildman–Crippen MR) is 118 cm³/mol. The van der Waals surface area contributed by atoms with Crippen LogP contribution >= 0.6 is 24.4 Å². The Kier molecular flexibility index (Phi) is 5.10. The Labute approximate surface area is 186 Å². The van der Waals surface area contributed by atoms with Gasteiger partial charge in [-0.3, -0.25) is 0 Å². The van der Waals surface area contributed by atoms with Crippen LogP contribution < -0.4 is 4.74 Å². The van der Waals surface area contributed by atoms with E-state index in [0.29, 0.717) is 39.4 Å². The summed E-state index contributed by atoms with van der Waals surface area (Å²) in [6.45, 7) is 0. The first kappa shape index (κ1) is 20.4. The molecule has 0 fully saturated rings. The smallest absolute Gasteiger partial charge is 0.340 e. The number of esters is 1. The number of thiocarbonyl (C=S) groups is 2. The second kappa shape index (κ2) is 7.75. The minimum Gasteiger partial charge on any atom is -0.508 e. The lowest BCUT2D eigenvalue weighted by Gasteiger charge is -2.36. The highest BCUT2D eigenvalue weighted by Crippen LogP contribution is 2.57. The van der Waals surface area contributed by atoms with Crippen molar-refractivity contribution in [3.63, 3.8) is 0 Å². The van der Waals surface area contributed by atoms with Crippen molar-refractivity contribution in [3.05, 3.63) is 76.9 Å². The lowest BCUT2D eigenvalue weighted by Crippen LogP contribution is -2.32. The van der Waals surface area contributed by atoms with Gasteiger partial charge in [0.2, 0.25) is 0 Å². The van der Waals surface area contributed by atoms with E-state index in [1.165, 1.54) is 24.3 Å². The van der Waals surface area contributed by atoms with Gasteiger partial charge >= 0.3 is 5.97 Å². The highest BCUT2D eigenvalue weighted by molar-refractivity contribution is 7.78. The van der Waals surface area contributed by atoms with Gasteiger partial charge in [0.05, 0.1) is 21.6 Å². The highest BCUT2D eigenvalue weighted by Gasteiger charge is 2.53. The molecule has 0 aromatic heterocycles. The standard InChI is InChI=1S/C21H11NO5S.CHNS/c23-12-2-5-15-18(8-12)26-19-9-13(24)3-6-16(19)21(15)17-7-11(22-10-28)1-4-14(17)20(25)27-21;2-1-3/h1-9,23-24H;2H. The SMILES string of the molecule is N=C=S.O=C1OC2(c3ccc(O)cc3Oc3cc(O)ccc32)c2cc(N=C=S)ccc21. The fourth-order valence-electron chi connectivity index (χ4n) is 3.81. The molecule has 0 unspecified atom stereocenters. The molecule has 152 valence electrons. The maximum absolute atomic E-state index is 12.7. The van der Waals surface area contributed by atoms with Crippen LogP contribution in [0.1, 0.15) is 27.0 Å². The lowest BCUT2D eigenvalue weighted by molar-refractivity contribution is 0.0224. The van der Waals surface area contributed by atoms with E-state index in [-0.39, 0.29) is 11.5 Å². The number of phenols is 2. The van der Waals surface area contributed by atoms with Crippen molar-refractivity contribution >= 4 is 46.4 Å². The molecule has 0 atom stereocenters. The number of rotatable bonds is 1. The normalized spacial score (nSPS) is 13.7. The topological polar surface area (TPSA) is 112 Å². The Balaban J connectivity index is 0.000000730. The van der Waals surface area contributed by atoms with Crippen molar-refractivity contribution in [1.82, 2.24) is 0 Å². The van der Waals surface area contributed by atoms with Crippen LogP contribution in [0.4, 0.5) is 5.69 Å². The van der Waals surface area contributed by atoms with Crippen molar-refractivity contribution in [2.24, 2.45) is 4.99 Å². The van der Waals surface area contributed by atoms with Crippen molar-refractivity contribution in [1.29, 1.82) is 5.41 Å². The molecule has 0 aliphatic carbocycles. The van der Waals surface area contributed by atoms with E-state index in [4.69, 9.17) is 27.1 Å². The molecule has 3 N–H and O–H groups in total. The first-order chi connectivity index (χ1) is 14.9. The van der Waals surface area contributed by atoms with Gasteiger partial charge in [-0.05, 0) is 66.9 Å². The van der Waals surface area contributed by atoms with Crippen molar-refractivity contribution in [3.8, 4) is 23.0 Å². The van der Waals surface area contributed by atoms with E-state index in [2.05, 4.69) is 22.4 Å². The lowest BCUT2D eigenvalue weighted by atomic mass is 9.77. The third-order valence-corrected chi connectivity index (χ3v) is 5.02. The fourth-order valence-corrected chi connectivity index (χ4v) is 3.91. The fraction of sp³-hybridized carbons (Fsp3) is 0.0455. The van der Waals surface area contributed by atoms with Gasteiger partial charge in [0.1, 0.15) is 23.0 Å². The number of isothiocyanates is 2. The molecular formula is C22H12N2O5S2. The summed E-state index contributed by atoms with van der Waals surface area (Å²) in [4.78, 5) is 16.7. The molecule has 9 heteroatoms. The van der Waals surface area contributed by atoms with Gasteiger partial charge in [0.15, 0.2) is 5.60 Å². The van der Waals surface area contributed by atoms with Crippen LogP contribution in [0.5, 0.6) is 23.0 Å². The number of ether oxygens (including phenoxy) is 2. The van der Waals surface area contributed by atoms with E-state index >= 15 is 0 Å². The van der Waals surface area contributed by atoms with E-state index in [1.807, 2.05) is 0 Å². The van der Waals surface area contributed by atoms with Gasteiger partial charge in [-0.25, -0.2) is 10.2 Å². The third kappa shape index (κ3) is 3.18. The second-order valence-corrected chi connectivity index (χ2v) is 6.96. The summed E-state index contributed by atoms with van der Waals surface area (Å²) < 4.78 is 11.8. The quantitative estimate of drug-likeness (QED) is 0.271. The molecule has 0 radical (unpaired) electrons. The summed E-state index contributed by atoms with van der Waals surface area (Å²) in [7, 11) is 0. The van der Waals surface area contributed by atoms with Crippen molar-refractivity contribution in [2.75, 3.05) is 0 Å². The maximum atomic E-state index is 12.7. The Morgan fingerprint density at radius 2 is 1.48 bits per heavy atom. The zero-order valence-electron chi connectivity index (χ0n) is 15.6. The highest BCUT2D eigenvalue weighted by atomic mass is 32.1. The molecule has 2 heterocycles. The number of hydrogen-bond donors (Lipinski definition) is 3.